The van der Waals surface area contributed by atoms with Crippen LogP contribution in [0.5, 0.6) is 0 Å². The highest BCUT2D eigenvalue weighted by molar-refractivity contribution is 5.77. The molecule has 0 aliphatic heterocycles. The van der Waals surface area contributed by atoms with Crippen molar-refractivity contribution in [3.63, 3.8) is 0 Å². The van der Waals surface area contributed by atoms with Gasteiger partial charge in [-0.25, -0.2) is 4.98 Å². The summed E-state index contributed by atoms with van der Waals surface area (Å²) in [5, 5.41) is 10.4. The van der Waals surface area contributed by atoms with E-state index in [4.69, 9.17) is 0 Å². The Morgan fingerprint density at radius 2 is 2.00 bits per heavy atom. The van der Waals surface area contributed by atoms with E-state index in [1.807, 2.05) is 30.3 Å². The highest BCUT2D eigenvalue weighted by atomic mass is 19.4. The second-order valence-corrected chi connectivity index (χ2v) is 6.26. The lowest BCUT2D eigenvalue weighted by molar-refractivity contribution is -0.271. The van der Waals surface area contributed by atoms with E-state index in [1.165, 1.54) is 24.2 Å². The number of hydrogen-bond donors (Lipinski definition) is 1. The van der Waals surface area contributed by atoms with Crippen molar-refractivity contribution < 1.29 is 23.1 Å². The fraction of sp³-hybridized carbons (Fsp3) is 0.368. The molecule has 2 aromatic rings. The average molecular weight is 381 g/mol. The number of nitrogens with zero attached hydrogens (tertiary/aromatic N) is 3. The van der Waals surface area contributed by atoms with Gasteiger partial charge < -0.3 is 14.6 Å². The summed E-state index contributed by atoms with van der Waals surface area (Å²) in [5.41, 5.74) is -2.41. The molecule has 1 heterocycles. The lowest BCUT2D eigenvalue weighted by Gasteiger charge is -2.31. The summed E-state index contributed by atoms with van der Waals surface area (Å²) >= 11 is 0. The molecule has 0 bridgehead atoms. The molecule has 146 valence electrons. The Morgan fingerprint density at radius 1 is 1.33 bits per heavy atom. The van der Waals surface area contributed by atoms with Gasteiger partial charge in [0.15, 0.2) is 5.82 Å². The van der Waals surface area contributed by atoms with E-state index in [9.17, 15) is 23.1 Å². The third kappa shape index (κ3) is 4.77. The zero-order valence-electron chi connectivity index (χ0n) is 15.0. The molecular formula is C19H22F3N3O2. The summed E-state index contributed by atoms with van der Waals surface area (Å²) in [7, 11) is 1.33. The van der Waals surface area contributed by atoms with Crippen LogP contribution in [0.3, 0.4) is 0 Å². The molecule has 0 aliphatic rings. The second-order valence-electron chi connectivity index (χ2n) is 6.26. The minimum Gasteiger partial charge on any atom is -0.374 e. The normalized spacial score (nSPS) is 13.8. The van der Waals surface area contributed by atoms with Gasteiger partial charge in [0.05, 0.1) is 6.42 Å². The maximum Gasteiger partial charge on any atom is 0.425 e. The van der Waals surface area contributed by atoms with Crippen molar-refractivity contribution in [2.45, 2.75) is 24.6 Å². The van der Waals surface area contributed by atoms with Crippen LogP contribution in [0.1, 0.15) is 17.8 Å². The van der Waals surface area contributed by atoms with Gasteiger partial charge in [-0.15, -0.1) is 6.58 Å². The van der Waals surface area contributed by atoms with Gasteiger partial charge in [-0.1, -0.05) is 36.4 Å². The lowest BCUT2D eigenvalue weighted by atomic mass is 9.96. The summed E-state index contributed by atoms with van der Waals surface area (Å²) in [4.78, 5) is 17.5. The summed E-state index contributed by atoms with van der Waals surface area (Å²) in [6.07, 6.45) is -1.85. The molecule has 0 spiro atoms. The van der Waals surface area contributed by atoms with Gasteiger partial charge in [-0.3, -0.25) is 4.79 Å². The number of aryl methyl sites for hydroxylation is 1. The zero-order chi connectivity index (χ0) is 20.1. The minimum absolute atomic E-state index is 0.0835. The number of hydrogen-bond acceptors (Lipinski definition) is 3. The van der Waals surface area contributed by atoms with Crippen LogP contribution in [0.25, 0.3) is 0 Å². The Hall–Kier alpha value is -2.61. The standard InChI is InChI=1S/C19H22F3N3O2/c1-3-11-25(12-9-15-7-5-4-6-8-15)16(26)14-18(27,19(20,21)22)17-23-10-13-24(17)2/h3-8,10,13,27H,1,9,11-12,14H2,2H3. The first-order valence-electron chi connectivity index (χ1n) is 8.38. The van der Waals surface area contributed by atoms with Crippen molar-refractivity contribution >= 4 is 5.91 Å². The van der Waals surface area contributed by atoms with Crippen LogP contribution in [-0.2, 0) is 23.9 Å². The van der Waals surface area contributed by atoms with Gasteiger partial charge in [0.25, 0.3) is 0 Å². The summed E-state index contributed by atoms with van der Waals surface area (Å²) in [6, 6.07) is 9.29. The Morgan fingerprint density at radius 3 is 2.52 bits per heavy atom. The first-order valence-corrected chi connectivity index (χ1v) is 8.38. The number of carbonyl (C=O) groups excluding carboxylic acids is 1. The Bertz CT molecular complexity index is 774. The van der Waals surface area contributed by atoms with Crippen LogP contribution in [-0.4, -0.2) is 44.7 Å². The van der Waals surface area contributed by atoms with Crippen LogP contribution < -0.4 is 0 Å². The minimum atomic E-state index is -5.05. The number of benzene rings is 1. The Labute approximate surface area is 155 Å². The van der Waals surface area contributed by atoms with Crippen molar-refractivity contribution in [3.8, 4) is 0 Å². The number of rotatable bonds is 8. The first-order chi connectivity index (χ1) is 12.7. The molecule has 0 fully saturated rings. The molecular weight excluding hydrogens is 359 g/mol. The second kappa shape index (κ2) is 8.39. The van der Waals surface area contributed by atoms with Crippen molar-refractivity contribution in [1.29, 1.82) is 0 Å². The molecule has 0 saturated carbocycles. The van der Waals surface area contributed by atoms with E-state index in [-0.39, 0.29) is 13.1 Å². The summed E-state index contributed by atoms with van der Waals surface area (Å²) < 4.78 is 41.9. The van der Waals surface area contributed by atoms with E-state index in [0.29, 0.717) is 6.42 Å². The molecule has 1 aromatic carbocycles. The molecule has 1 unspecified atom stereocenters. The molecule has 1 aromatic heterocycles. The van der Waals surface area contributed by atoms with Crippen LogP contribution in [0.15, 0.2) is 55.4 Å². The van der Waals surface area contributed by atoms with Gasteiger partial charge >= 0.3 is 6.18 Å². The molecule has 1 amide bonds. The van der Waals surface area contributed by atoms with Crippen molar-refractivity contribution in [1.82, 2.24) is 14.5 Å². The lowest BCUT2D eigenvalue weighted by Crippen LogP contribution is -2.48. The summed E-state index contributed by atoms with van der Waals surface area (Å²) in [6.45, 7) is 3.85. The molecule has 27 heavy (non-hydrogen) atoms. The zero-order valence-corrected chi connectivity index (χ0v) is 15.0. The number of carbonyl (C=O) groups is 1. The summed E-state index contributed by atoms with van der Waals surface area (Å²) in [5.74, 6) is -1.45. The Kier molecular flexibility index (Phi) is 6.43. The van der Waals surface area contributed by atoms with Crippen LogP contribution >= 0.6 is 0 Å². The highest BCUT2D eigenvalue weighted by Gasteiger charge is 2.58. The molecule has 1 atom stereocenters. The van der Waals surface area contributed by atoms with E-state index >= 15 is 0 Å². The number of alkyl halides is 3. The number of aliphatic hydroxyl groups is 1. The van der Waals surface area contributed by atoms with Gasteiger partial charge in [0, 0.05) is 32.5 Å². The maximum absolute atomic E-state index is 13.6. The van der Waals surface area contributed by atoms with Crippen molar-refractivity contribution in [2.24, 2.45) is 7.05 Å². The van der Waals surface area contributed by atoms with Gasteiger partial charge in [0.1, 0.15) is 0 Å². The topological polar surface area (TPSA) is 58.4 Å². The van der Waals surface area contributed by atoms with E-state index in [2.05, 4.69) is 11.6 Å². The van der Waals surface area contributed by atoms with Crippen LogP contribution in [0.2, 0.25) is 0 Å². The third-order valence-corrected chi connectivity index (χ3v) is 4.28. The van der Waals surface area contributed by atoms with Crippen molar-refractivity contribution in [2.75, 3.05) is 13.1 Å². The maximum atomic E-state index is 13.6. The predicted octanol–water partition coefficient (Wildman–Crippen LogP) is 2.82. The number of halogens is 3. The quantitative estimate of drug-likeness (QED) is 0.716. The number of amides is 1. The monoisotopic (exact) mass is 381 g/mol. The third-order valence-electron chi connectivity index (χ3n) is 4.28. The van der Waals surface area contributed by atoms with E-state index in [1.54, 1.807) is 0 Å². The van der Waals surface area contributed by atoms with Crippen LogP contribution in [0, 0.1) is 0 Å². The largest absolute Gasteiger partial charge is 0.425 e. The van der Waals surface area contributed by atoms with Gasteiger partial charge in [-0.05, 0) is 12.0 Å². The molecule has 5 nitrogen and oxygen atoms in total. The highest BCUT2D eigenvalue weighted by Crippen LogP contribution is 2.41. The number of imidazole rings is 1. The van der Waals surface area contributed by atoms with Gasteiger partial charge in [0.2, 0.25) is 11.5 Å². The van der Waals surface area contributed by atoms with Crippen molar-refractivity contribution in [3.05, 3.63) is 66.8 Å². The molecule has 0 radical (unpaired) electrons. The molecule has 0 aliphatic carbocycles. The van der Waals surface area contributed by atoms with E-state index in [0.717, 1.165) is 16.3 Å². The fourth-order valence-electron chi connectivity index (χ4n) is 2.78. The Balaban J connectivity index is 2.20. The first kappa shape index (κ1) is 20.7. The number of aromatic nitrogens is 2. The fourth-order valence-corrected chi connectivity index (χ4v) is 2.78. The van der Waals surface area contributed by atoms with E-state index < -0.39 is 29.9 Å². The van der Waals surface area contributed by atoms with Gasteiger partial charge in [-0.2, -0.15) is 13.2 Å². The van der Waals surface area contributed by atoms with Crippen LogP contribution in [0.4, 0.5) is 13.2 Å². The smallest absolute Gasteiger partial charge is 0.374 e. The predicted molar refractivity (Wildman–Crippen MR) is 94.7 cm³/mol. The average Bonchev–Trinajstić information content (AvgIpc) is 3.04. The SMILES string of the molecule is C=CCN(CCc1ccccc1)C(=O)CC(O)(c1nccn1C)C(F)(F)F. The molecule has 0 saturated heterocycles. The molecule has 1 N–H and O–H groups in total. The molecule has 2 rings (SSSR count). The molecule has 8 heteroatoms.